The highest BCUT2D eigenvalue weighted by atomic mass is 79.9. The summed E-state index contributed by atoms with van der Waals surface area (Å²) in [4.78, 5) is 10.9. The summed E-state index contributed by atoms with van der Waals surface area (Å²) in [5.74, 6) is -1.24. The topological polar surface area (TPSA) is 71.4 Å². The highest BCUT2D eigenvalue weighted by molar-refractivity contribution is 9.10. The van der Waals surface area contributed by atoms with E-state index in [1.807, 2.05) is 0 Å². The van der Waals surface area contributed by atoms with Crippen LogP contribution in [0.3, 0.4) is 0 Å². The maximum absolute atomic E-state index is 12.4. The second-order valence-electron chi connectivity index (χ2n) is 3.94. The summed E-state index contributed by atoms with van der Waals surface area (Å²) in [5, 5.41) is 9.00. The van der Waals surface area contributed by atoms with Crippen molar-refractivity contribution in [3.63, 3.8) is 0 Å². The molecular weight excluding hydrogens is 368 g/mol. The molecule has 2 rings (SSSR count). The van der Waals surface area contributed by atoms with Gasteiger partial charge in [-0.3, -0.25) is 0 Å². The second kappa shape index (κ2) is 5.55. The van der Waals surface area contributed by atoms with Gasteiger partial charge >= 0.3 is 5.97 Å². The molecule has 0 radical (unpaired) electrons. The van der Waals surface area contributed by atoms with E-state index in [1.54, 1.807) is 12.1 Å². The smallest absolute Gasteiger partial charge is 0.335 e. The lowest BCUT2D eigenvalue weighted by Crippen LogP contribution is -2.05. The highest BCUT2D eigenvalue weighted by Gasteiger charge is 2.20. The number of aromatic carboxylic acids is 1. The normalized spacial score (nSPS) is 11.3. The molecule has 0 saturated heterocycles. The number of carbonyl (C=O) groups is 1. The first-order valence-electron chi connectivity index (χ1n) is 5.35. The van der Waals surface area contributed by atoms with Crippen LogP contribution in [0.25, 0.3) is 0 Å². The Morgan fingerprint density at radius 2 is 1.65 bits per heavy atom. The van der Waals surface area contributed by atoms with Crippen molar-refractivity contribution < 1.29 is 18.3 Å². The first kappa shape index (κ1) is 15.0. The average molecular weight is 376 g/mol. The van der Waals surface area contributed by atoms with Crippen LogP contribution in [0, 0.1) is 0 Å². The fourth-order valence-electron chi connectivity index (χ4n) is 1.59. The summed E-state index contributed by atoms with van der Waals surface area (Å²) in [6.07, 6.45) is 0. The number of carboxylic acid groups (broad SMARTS) is 1. The van der Waals surface area contributed by atoms with Gasteiger partial charge in [0.15, 0.2) is 0 Å². The Labute approximate surface area is 129 Å². The van der Waals surface area contributed by atoms with Crippen molar-refractivity contribution in [3.05, 3.63) is 57.5 Å². The van der Waals surface area contributed by atoms with Crippen LogP contribution in [-0.2, 0) is 9.84 Å². The molecule has 0 aliphatic rings. The molecule has 0 fully saturated rings. The maximum atomic E-state index is 12.4. The third-order valence-electron chi connectivity index (χ3n) is 2.55. The van der Waals surface area contributed by atoms with E-state index < -0.39 is 15.8 Å². The van der Waals surface area contributed by atoms with Crippen molar-refractivity contribution >= 4 is 43.3 Å². The molecule has 20 heavy (non-hydrogen) atoms. The largest absolute Gasteiger partial charge is 0.478 e. The van der Waals surface area contributed by atoms with E-state index in [0.29, 0.717) is 0 Å². The van der Waals surface area contributed by atoms with Gasteiger partial charge in [0, 0.05) is 9.50 Å². The molecule has 0 atom stereocenters. The Hall–Kier alpha value is -1.37. The summed E-state index contributed by atoms with van der Waals surface area (Å²) < 4.78 is 25.6. The second-order valence-corrected chi connectivity index (χ2v) is 7.24. The first-order chi connectivity index (χ1) is 9.30. The van der Waals surface area contributed by atoms with Gasteiger partial charge in [-0.1, -0.05) is 27.5 Å². The Balaban J connectivity index is 2.60. The zero-order valence-corrected chi connectivity index (χ0v) is 13.0. The SMILES string of the molecule is O=C(O)c1cc(Cl)cc(S(=O)(=O)c2ccc(Br)cc2)c1. The van der Waals surface area contributed by atoms with Crippen molar-refractivity contribution in [2.24, 2.45) is 0 Å². The van der Waals surface area contributed by atoms with E-state index in [9.17, 15) is 13.2 Å². The lowest BCUT2D eigenvalue weighted by molar-refractivity contribution is 0.0696. The van der Waals surface area contributed by atoms with Crippen LogP contribution in [0.5, 0.6) is 0 Å². The van der Waals surface area contributed by atoms with Crippen LogP contribution < -0.4 is 0 Å². The van der Waals surface area contributed by atoms with Gasteiger partial charge < -0.3 is 5.11 Å². The van der Waals surface area contributed by atoms with Crippen LogP contribution in [-0.4, -0.2) is 19.5 Å². The van der Waals surface area contributed by atoms with E-state index in [-0.39, 0.29) is 20.4 Å². The quantitative estimate of drug-likeness (QED) is 0.889. The number of rotatable bonds is 3. The lowest BCUT2D eigenvalue weighted by Gasteiger charge is -2.06. The van der Waals surface area contributed by atoms with Crippen LogP contribution in [0.4, 0.5) is 0 Å². The third kappa shape index (κ3) is 3.03. The highest BCUT2D eigenvalue weighted by Crippen LogP contribution is 2.26. The Kier molecular flexibility index (Phi) is 4.17. The summed E-state index contributed by atoms with van der Waals surface area (Å²) in [6.45, 7) is 0. The minimum atomic E-state index is -3.80. The molecule has 0 aliphatic carbocycles. The van der Waals surface area contributed by atoms with Crippen LogP contribution >= 0.6 is 27.5 Å². The Morgan fingerprint density at radius 1 is 1.05 bits per heavy atom. The van der Waals surface area contributed by atoms with E-state index in [4.69, 9.17) is 16.7 Å². The fraction of sp³-hybridized carbons (Fsp3) is 0. The van der Waals surface area contributed by atoms with Crippen LogP contribution in [0.15, 0.2) is 56.7 Å². The molecule has 0 heterocycles. The van der Waals surface area contributed by atoms with Crippen molar-refractivity contribution in [2.75, 3.05) is 0 Å². The van der Waals surface area contributed by atoms with Gasteiger partial charge in [0.2, 0.25) is 9.84 Å². The molecule has 4 nitrogen and oxygen atoms in total. The molecule has 0 unspecified atom stereocenters. The predicted octanol–water partition coefficient (Wildman–Crippen LogP) is 3.63. The van der Waals surface area contributed by atoms with Gasteiger partial charge in [0.25, 0.3) is 0 Å². The number of carboxylic acids is 1. The Bertz CT molecular complexity index is 769. The van der Waals surface area contributed by atoms with Gasteiger partial charge in [-0.05, 0) is 42.5 Å². The van der Waals surface area contributed by atoms with Crippen LogP contribution in [0.2, 0.25) is 5.02 Å². The molecule has 0 amide bonds. The molecule has 1 N–H and O–H groups in total. The number of halogens is 2. The molecule has 0 spiro atoms. The van der Waals surface area contributed by atoms with Crippen molar-refractivity contribution in [1.82, 2.24) is 0 Å². The van der Waals surface area contributed by atoms with E-state index in [0.717, 1.165) is 10.5 Å². The zero-order valence-electron chi connectivity index (χ0n) is 9.88. The van der Waals surface area contributed by atoms with Gasteiger partial charge in [0.1, 0.15) is 0 Å². The van der Waals surface area contributed by atoms with E-state index in [2.05, 4.69) is 15.9 Å². The third-order valence-corrected chi connectivity index (χ3v) is 5.05. The summed E-state index contributed by atoms with van der Waals surface area (Å²) in [7, 11) is -3.80. The molecule has 104 valence electrons. The monoisotopic (exact) mass is 374 g/mol. The number of benzene rings is 2. The first-order valence-corrected chi connectivity index (χ1v) is 8.00. The van der Waals surface area contributed by atoms with Gasteiger partial charge in [0.05, 0.1) is 15.4 Å². The number of hydrogen-bond acceptors (Lipinski definition) is 3. The molecule has 0 bridgehead atoms. The zero-order chi connectivity index (χ0) is 14.9. The summed E-state index contributed by atoms with van der Waals surface area (Å²) in [6, 6.07) is 9.56. The number of hydrogen-bond donors (Lipinski definition) is 1. The van der Waals surface area contributed by atoms with E-state index in [1.165, 1.54) is 24.3 Å². The van der Waals surface area contributed by atoms with Crippen molar-refractivity contribution in [3.8, 4) is 0 Å². The van der Waals surface area contributed by atoms with Gasteiger partial charge in [-0.15, -0.1) is 0 Å². The summed E-state index contributed by atoms with van der Waals surface area (Å²) in [5.41, 5.74) is -0.173. The number of sulfone groups is 1. The van der Waals surface area contributed by atoms with E-state index >= 15 is 0 Å². The van der Waals surface area contributed by atoms with Crippen molar-refractivity contribution in [1.29, 1.82) is 0 Å². The van der Waals surface area contributed by atoms with Crippen LogP contribution in [0.1, 0.15) is 10.4 Å². The minimum Gasteiger partial charge on any atom is -0.478 e. The lowest BCUT2D eigenvalue weighted by atomic mass is 10.2. The Morgan fingerprint density at radius 3 is 2.20 bits per heavy atom. The van der Waals surface area contributed by atoms with Crippen molar-refractivity contribution in [2.45, 2.75) is 9.79 Å². The predicted molar refractivity (Wildman–Crippen MR) is 78.0 cm³/mol. The minimum absolute atomic E-state index is 0.0561. The molecular formula is C13H8BrClO4S. The molecule has 0 aromatic heterocycles. The fourth-order valence-corrected chi connectivity index (χ4v) is 3.49. The average Bonchev–Trinajstić information content (AvgIpc) is 2.38. The molecule has 7 heteroatoms. The van der Waals surface area contributed by atoms with Gasteiger partial charge in [-0.25, -0.2) is 13.2 Å². The standard InChI is InChI=1S/C13H8BrClO4S/c14-9-1-3-11(4-2-9)20(18,19)12-6-8(13(16)17)5-10(15)7-12/h1-7H,(H,16,17). The maximum Gasteiger partial charge on any atom is 0.335 e. The molecule has 2 aromatic carbocycles. The van der Waals surface area contributed by atoms with Gasteiger partial charge in [-0.2, -0.15) is 0 Å². The molecule has 0 aliphatic heterocycles. The summed E-state index contributed by atoms with van der Waals surface area (Å²) >= 11 is 8.99. The molecule has 0 saturated carbocycles. The molecule has 2 aromatic rings.